The van der Waals surface area contributed by atoms with Crippen molar-refractivity contribution in [1.82, 2.24) is 19.5 Å². The molecule has 2 aliphatic carbocycles. The Morgan fingerprint density at radius 1 is 1.05 bits per heavy atom. The number of fused-ring (bicyclic) bond motifs is 1. The van der Waals surface area contributed by atoms with Gasteiger partial charge < -0.3 is 19.5 Å². The third-order valence-corrected chi connectivity index (χ3v) is 9.09. The maximum Gasteiger partial charge on any atom is 0.226 e. The second-order valence-corrected chi connectivity index (χ2v) is 11.8. The fraction of sp³-hybridized carbons (Fsp3) is 0.621. The molecule has 0 bridgehead atoms. The topological polar surface area (TPSA) is 68.1 Å². The number of rotatable bonds is 7. The molecule has 3 aliphatic rings. The van der Waals surface area contributed by atoms with Crippen LogP contribution in [0.25, 0.3) is 11.2 Å². The van der Waals surface area contributed by atoms with E-state index in [1.165, 1.54) is 50.5 Å². The van der Waals surface area contributed by atoms with Gasteiger partial charge in [0, 0.05) is 19.1 Å². The number of aromatic nitrogens is 4. The number of morpholine rings is 1. The van der Waals surface area contributed by atoms with Gasteiger partial charge in [-0.15, -0.1) is 0 Å². The fourth-order valence-electron chi connectivity index (χ4n) is 6.33. The van der Waals surface area contributed by atoms with Crippen LogP contribution in [0.1, 0.15) is 70.4 Å². The van der Waals surface area contributed by atoms with Crippen molar-refractivity contribution in [2.24, 2.45) is 17.8 Å². The van der Waals surface area contributed by atoms with Crippen LogP contribution in [0.5, 0.6) is 0 Å². The number of nitrogens with zero attached hydrogens (tertiary/aromatic N) is 5. The number of hydrogen-bond donors (Lipinski definition) is 1. The highest BCUT2D eigenvalue weighted by molar-refractivity contribution is 6.28. The van der Waals surface area contributed by atoms with Crippen molar-refractivity contribution in [2.75, 3.05) is 30.0 Å². The van der Waals surface area contributed by atoms with E-state index in [1.807, 2.05) is 0 Å². The number of imidazole rings is 1. The zero-order valence-electron chi connectivity index (χ0n) is 22.1. The molecular formula is C29H39ClN6O. The average Bonchev–Trinajstić information content (AvgIpc) is 3.22. The molecule has 1 saturated heterocycles. The lowest BCUT2D eigenvalue weighted by molar-refractivity contribution is 0.0927. The van der Waals surface area contributed by atoms with Crippen LogP contribution in [0.4, 0.5) is 11.8 Å². The van der Waals surface area contributed by atoms with Crippen molar-refractivity contribution in [3.05, 3.63) is 41.2 Å². The minimum absolute atomic E-state index is 0.102. The summed E-state index contributed by atoms with van der Waals surface area (Å²) in [6.07, 6.45) is 8.95. The minimum atomic E-state index is 0.102. The van der Waals surface area contributed by atoms with Crippen molar-refractivity contribution >= 4 is 34.5 Å². The molecule has 0 spiro atoms. The van der Waals surface area contributed by atoms with E-state index in [0.717, 1.165) is 36.3 Å². The monoisotopic (exact) mass is 522 g/mol. The van der Waals surface area contributed by atoms with Crippen molar-refractivity contribution < 1.29 is 4.74 Å². The molecule has 3 aromatic rings. The molecular weight excluding hydrogens is 484 g/mol. The zero-order chi connectivity index (χ0) is 25.4. The van der Waals surface area contributed by atoms with Gasteiger partial charge in [0.05, 0.1) is 19.3 Å². The Balaban J connectivity index is 1.44. The van der Waals surface area contributed by atoms with Gasteiger partial charge in [0.15, 0.2) is 11.5 Å². The second kappa shape index (κ2) is 10.8. The Bertz CT molecular complexity index is 1200. The van der Waals surface area contributed by atoms with E-state index in [4.69, 9.17) is 26.3 Å². The number of ether oxygens (including phenoxy) is 1. The Morgan fingerprint density at radius 3 is 2.57 bits per heavy atom. The largest absolute Gasteiger partial charge is 0.377 e. The van der Waals surface area contributed by atoms with Crippen LogP contribution in [0.2, 0.25) is 5.28 Å². The van der Waals surface area contributed by atoms with Gasteiger partial charge in [0.25, 0.3) is 0 Å². The van der Waals surface area contributed by atoms with Crippen LogP contribution in [-0.2, 0) is 11.3 Å². The SMILES string of the molecule is CC1CCC(Cn2c(N3CCOC[C@H]3c3ccccc3)nc3nc(Cl)nc(N[C@H](C)C4CCC4)c32)CC1. The van der Waals surface area contributed by atoms with Crippen LogP contribution in [0, 0.1) is 17.8 Å². The average molecular weight is 523 g/mol. The molecule has 2 aromatic heterocycles. The molecule has 0 amide bonds. The number of benzene rings is 1. The highest BCUT2D eigenvalue weighted by Gasteiger charge is 2.32. The molecule has 6 rings (SSSR count). The van der Waals surface area contributed by atoms with Gasteiger partial charge >= 0.3 is 0 Å². The van der Waals surface area contributed by atoms with E-state index < -0.39 is 0 Å². The standard InChI is InChI=1S/C29H39ClN6O/c1-19-11-13-21(14-12-19)17-36-25-26(31-20(2)22-9-6-10-22)32-28(30)33-27(25)34-29(36)35-15-16-37-18-24(35)23-7-4-3-5-8-23/h3-5,7-8,19-22,24H,6,9-18H2,1-2H3,(H,31,32,33)/t19?,20-,21?,24+/m1/s1. The number of anilines is 2. The molecule has 2 saturated carbocycles. The number of hydrogen-bond acceptors (Lipinski definition) is 6. The summed E-state index contributed by atoms with van der Waals surface area (Å²) in [5.41, 5.74) is 2.91. The fourth-order valence-corrected chi connectivity index (χ4v) is 6.49. The van der Waals surface area contributed by atoms with Gasteiger partial charge in [-0.3, -0.25) is 0 Å². The summed E-state index contributed by atoms with van der Waals surface area (Å²) in [6, 6.07) is 11.1. The Hall–Kier alpha value is -2.38. The smallest absolute Gasteiger partial charge is 0.226 e. The summed E-state index contributed by atoms with van der Waals surface area (Å²) in [4.78, 5) is 16.9. The Morgan fingerprint density at radius 2 is 1.84 bits per heavy atom. The molecule has 1 N–H and O–H groups in total. The molecule has 37 heavy (non-hydrogen) atoms. The first-order valence-corrected chi connectivity index (χ1v) is 14.5. The van der Waals surface area contributed by atoms with E-state index in [0.29, 0.717) is 36.7 Å². The van der Waals surface area contributed by atoms with Gasteiger partial charge in [-0.25, -0.2) is 0 Å². The molecule has 7 nitrogen and oxygen atoms in total. The summed E-state index contributed by atoms with van der Waals surface area (Å²) in [5, 5.41) is 3.98. The summed E-state index contributed by atoms with van der Waals surface area (Å²) in [5.74, 6) is 3.90. The Labute approximate surface area is 225 Å². The molecule has 2 atom stereocenters. The molecule has 3 fully saturated rings. The van der Waals surface area contributed by atoms with E-state index in [-0.39, 0.29) is 11.3 Å². The highest BCUT2D eigenvalue weighted by Crippen LogP contribution is 2.38. The predicted octanol–water partition coefficient (Wildman–Crippen LogP) is 6.48. The van der Waals surface area contributed by atoms with Crippen molar-refractivity contribution in [1.29, 1.82) is 0 Å². The lowest BCUT2D eigenvalue weighted by atomic mass is 9.80. The van der Waals surface area contributed by atoms with Crippen molar-refractivity contribution in [3.8, 4) is 0 Å². The van der Waals surface area contributed by atoms with Crippen molar-refractivity contribution in [3.63, 3.8) is 0 Å². The first-order chi connectivity index (χ1) is 18.1. The van der Waals surface area contributed by atoms with E-state index in [9.17, 15) is 0 Å². The van der Waals surface area contributed by atoms with E-state index in [1.54, 1.807) is 0 Å². The van der Waals surface area contributed by atoms with Crippen molar-refractivity contribution in [2.45, 2.75) is 77.4 Å². The summed E-state index contributed by atoms with van der Waals surface area (Å²) < 4.78 is 8.37. The Kier molecular flexibility index (Phi) is 7.26. The molecule has 3 heterocycles. The van der Waals surface area contributed by atoms with E-state index >= 15 is 0 Å². The zero-order valence-corrected chi connectivity index (χ0v) is 22.8. The molecule has 198 valence electrons. The van der Waals surface area contributed by atoms with Gasteiger partial charge in [-0.2, -0.15) is 15.0 Å². The van der Waals surface area contributed by atoms with Gasteiger partial charge in [-0.1, -0.05) is 56.5 Å². The molecule has 8 heteroatoms. The summed E-state index contributed by atoms with van der Waals surface area (Å²) in [6.45, 7) is 7.69. The highest BCUT2D eigenvalue weighted by atomic mass is 35.5. The minimum Gasteiger partial charge on any atom is -0.377 e. The third kappa shape index (κ3) is 5.17. The molecule has 1 aliphatic heterocycles. The summed E-state index contributed by atoms with van der Waals surface area (Å²) in [7, 11) is 0. The predicted molar refractivity (Wildman–Crippen MR) is 149 cm³/mol. The molecule has 1 aromatic carbocycles. The van der Waals surface area contributed by atoms with Crippen LogP contribution in [0.15, 0.2) is 30.3 Å². The maximum atomic E-state index is 6.47. The number of halogens is 1. The first kappa shape index (κ1) is 24.9. The first-order valence-electron chi connectivity index (χ1n) is 14.2. The van der Waals surface area contributed by atoms with Crippen LogP contribution >= 0.6 is 11.6 Å². The lowest BCUT2D eigenvalue weighted by Gasteiger charge is -2.37. The lowest BCUT2D eigenvalue weighted by Crippen LogP contribution is -2.41. The van der Waals surface area contributed by atoms with Crippen LogP contribution in [0.3, 0.4) is 0 Å². The van der Waals surface area contributed by atoms with Gasteiger partial charge in [0.1, 0.15) is 5.52 Å². The second-order valence-electron chi connectivity index (χ2n) is 11.5. The van der Waals surface area contributed by atoms with Gasteiger partial charge in [0.2, 0.25) is 11.2 Å². The van der Waals surface area contributed by atoms with Crippen LogP contribution < -0.4 is 10.2 Å². The maximum absolute atomic E-state index is 6.47. The van der Waals surface area contributed by atoms with E-state index in [2.05, 4.69) is 63.9 Å². The third-order valence-electron chi connectivity index (χ3n) is 8.92. The quantitative estimate of drug-likeness (QED) is 0.358. The summed E-state index contributed by atoms with van der Waals surface area (Å²) >= 11 is 6.47. The normalized spacial score (nSPS) is 25.7. The molecule has 0 radical (unpaired) electrons. The van der Waals surface area contributed by atoms with Gasteiger partial charge in [-0.05, 0) is 67.5 Å². The van der Waals surface area contributed by atoms with Crippen LogP contribution in [-0.4, -0.2) is 45.3 Å². The molecule has 0 unspecified atom stereocenters. The number of nitrogens with one attached hydrogen (secondary N) is 1.